The molecule has 0 fully saturated rings. The molecule has 9 heteroatoms. The number of hydrogen-bond acceptors (Lipinski definition) is 7. The number of benzene rings is 3. The molecule has 1 amide bonds. The average Bonchev–Trinajstić information content (AvgIpc) is 3.23. The fraction of sp³-hybridized carbons (Fsp3) is 0.219. The number of hydrogen-bond donors (Lipinski definition) is 1. The highest BCUT2D eigenvalue weighted by atomic mass is 127. The monoisotopic (exact) mass is 683 g/mol. The molecule has 212 valence electrons. The first-order valence-corrected chi connectivity index (χ1v) is 14.9. The molecular formula is C32H30INO6S. The minimum atomic E-state index is -0.749. The Hall–Kier alpha value is -3.57. The molecular weight excluding hydrogens is 653 g/mol. The van der Waals surface area contributed by atoms with E-state index in [0.717, 1.165) is 26.5 Å². The van der Waals surface area contributed by atoms with Crippen LogP contribution in [0.4, 0.5) is 0 Å². The molecule has 0 radical (unpaired) electrons. The van der Waals surface area contributed by atoms with Gasteiger partial charge in [-0.3, -0.25) is 4.79 Å². The van der Waals surface area contributed by atoms with Crippen molar-refractivity contribution in [3.05, 3.63) is 108 Å². The second-order valence-corrected chi connectivity index (χ2v) is 11.4. The summed E-state index contributed by atoms with van der Waals surface area (Å²) in [5.74, 6) is -0.393. The predicted octanol–water partition coefficient (Wildman–Crippen LogP) is 7.59. The van der Waals surface area contributed by atoms with Gasteiger partial charge in [0.15, 0.2) is 11.5 Å². The number of esters is 1. The van der Waals surface area contributed by atoms with Crippen LogP contribution in [0.5, 0.6) is 11.5 Å². The molecule has 7 nitrogen and oxygen atoms in total. The number of aliphatic imine (C=N–C) groups is 1. The highest BCUT2D eigenvalue weighted by molar-refractivity contribution is 14.1. The minimum Gasteiger partial charge on any atom is -0.506 e. The van der Waals surface area contributed by atoms with Crippen LogP contribution in [0.15, 0.2) is 81.9 Å². The number of carbonyl (C=O) groups is 2. The molecule has 4 rings (SSSR count). The molecule has 1 N–H and O–H groups in total. The molecule has 0 aliphatic carbocycles. The van der Waals surface area contributed by atoms with Gasteiger partial charge in [-0.25, -0.2) is 9.79 Å². The zero-order valence-electron chi connectivity index (χ0n) is 23.2. The number of aryl methyl sites for hydroxylation is 2. The van der Waals surface area contributed by atoms with Gasteiger partial charge in [-0.05, 0) is 91.8 Å². The lowest BCUT2D eigenvalue weighted by molar-refractivity contribution is -0.138. The first kappa shape index (κ1) is 30.4. The molecule has 0 spiro atoms. The fourth-order valence-electron chi connectivity index (χ4n) is 3.91. The number of aliphatic hydroxyl groups excluding tert-OH is 1. The molecule has 3 aromatic rings. The molecule has 0 aromatic heterocycles. The molecule has 1 aliphatic rings. The summed E-state index contributed by atoms with van der Waals surface area (Å²) in [5, 5.41) is 11.1. The summed E-state index contributed by atoms with van der Waals surface area (Å²) in [7, 11) is 0. The molecule has 41 heavy (non-hydrogen) atoms. The molecule has 0 unspecified atom stereocenters. The lowest BCUT2D eigenvalue weighted by atomic mass is 10.1. The number of halogens is 1. The third kappa shape index (κ3) is 7.59. The van der Waals surface area contributed by atoms with Crippen LogP contribution < -0.4 is 9.47 Å². The van der Waals surface area contributed by atoms with Crippen molar-refractivity contribution in [3.8, 4) is 11.5 Å². The minimum absolute atomic E-state index is 0.0792. The number of thioether (sulfide) groups is 1. The van der Waals surface area contributed by atoms with E-state index < -0.39 is 11.9 Å². The van der Waals surface area contributed by atoms with E-state index in [9.17, 15) is 14.7 Å². The third-order valence-corrected chi connectivity index (χ3v) is 7.83. The van der Waals surface area contributed by atoms with E-state index in [0.29, 0.717) is 40.7 Å². The van der Waals surface area contributed by atoms with Crippen LogP contribution >= 0.6 is 34.4 Å². The van der Waals surface area contributed by atoms with Crippen molar-refractivity contribution in [2.24, 2.45) is 4.99 Å². The van der Waals surface area contributed by atoms with Crippen LogP contribution in [0, 0.1) is 17.4 Å². The number of aliphatic hydroxyl groups is 1. The van der Waals surface area contributed by atoms with Crippen LogP contribution in [0.3, 0.4) is 0 Å². The molecule has 0 bridgehead atoms. The van der Waals surface area contributed by atoms with Crippen molar-refractivity contribution in [2.45, 2.75) is 34.3 Å². The van der Waals surface area contributed by atoms with Crippen molar-refractivity contribution >= 4 is 57.3 Å². The van der Waals surface area contributed by atoms with Gasteiger partial charge in [0, 0.05) is 5.56 Å². The number of amides is 1. The molecule has 0 saturated carbocycles. The van der Waals surface area contributed by atoms with E-state index in [-0.39, 0.29) is 23.0 Å². The van der Waals surface area contributed by atoms with Crippen LogP contribution in [-0.2, 0) is 16.1 Å². The van der Waals surface area contributed by atoms with Crippen molar-refractivity contribution in [1.82, 2.24) is 0 Å². The maximum atomic E-state index is 12.9. The van der Waals surface area contributed by atoms with Crippen LogP contribution in [0.2, 0.25) is 0 Å². The van der Waals surface area contributed by atoms with Gasteiger partial charge in [-0.1, -0.05) is 59.3 Å². The summed E-state index contributed by atoms with van der Waals surface area (Å²) in [4.78, 5) is 30.2. The lowest BCUT2D eigenvalue weighted by Crippen LogP contribution is -2.14. The first-order valence-electron chi connectivity index (χ1n) is 13.0. The summed E-state index contributed by atoms with van der Waals surface area (Å²) < 4.78 is 18.0. The lowest BCUT2D eigenvalue weighted by Gasteiger charge is -2.15. The zero-order chi connectivity index (χ0) is 29.5. The summed E-state index contributed by atoms with van der Waals surface area (Å²) in [6.45, 7) is 8.44. The van der Waals surface area contributed by atoms with E-state index in [2.05, 4.69) is 27.6 Å². The maximum absolute atomic E-state index is 12.9. The number of nitrogens with zero attached hydrogens (tertiary/aromatic N) is 1. The van der Waals surface area contributed by atoms with Gasteiger partial charge < -0.3 is 19.3 Å². The van der Waals surface area contributed by atoms with Gasteiger partial charge in [-0.15, -0.1) is 0 Å². The zero-order valence-corrected chi connectivity index (χ0v) is 26.2. The van der Waals surface area contributed by atoms with Crippen LogP contribution in [-0.4, -0.2) is 35.2 Å². The molecule has 3 aromatic carbocycles. The first-order chi connectivity index (χ1) is 19.7. The van der Waals surface area contributed by atoms with Crippen LogP contribution in [0.25, 0.3) is 6.08 Å². The Kier molecular flexibility index (Phi) is 10.3. The van der Waals surface area contributed by atoms with Gasteiger partial charge >= 0.3 is 5.97 Å². The molecule has 0 saturated heterocycles. The summed E-state index contributed by atoms with van der Waals surface area (Å²) in [5.41, 5.74) is 4.17. The van der Waals surface area contributed by atoms with Gasteiger partial charge in [-0.2, -0.15) is 0 Å². The second kappa shape index (κ2) is 13.9. The van der Waals surface area contributed by atoms with E-state index in [1.165, 1.54) is 5.56 Å². The van der Waals surface area contributed by atoms with Crippen molar-refractivity contribution in [3.63, 3.8) is 0 Å². The number of carbonyl (C=O) groups excluding carboxylic acids is 2. The SMILES string of the molecule is CCOC(=O)C1=C(O)/C(=C/c2cc(I)c(OCc3ccc(C)cc3)c(OCC)c2)SC1=NC(=O)c1ccc(C)cc1. The topological polar surface area (TPSA) is 94.4 Å². The van der Waals surface area contributed by atoms with Gasteiger partial charge in [0.25, 0.3) is 5.91 Å². The van der Waals surface area contributed by atoms with E-state index >= 15 is 0 Å². The Morgan fingerprint density at radius 3 is 2.24 bits per heavy atom. The average molecular weight is 684 g/mol. The van der Waals surface area contributed by atoms with E-state index in [1.807, 2.05) is 69.3 Å². The van der Waals surface area contributed by atoms with Crippen molar-refractivity contribution in [2.75, 3.05) is 13.2 Å². The molecule has 0 atom stereocenters. The van der Waals surface area contributed by atoms with Crippen molar-refractivity contribution in [1.29, 1.82) is 0 Å². The Bertz CT molecular complexity index is 1540. The second-order valence-electron chi connectivity index (χ2n) is 9.18. The van der Waals surface area contributed by atoms with Gasteiger partial charge in [0.05, 0.1) is 21.7 Å². The maximum Gasteiger partial charge on any atom is 0.344 e. The van der Waals surface area contributed by atoms with Crippen LogP contribution in [0.1, 0.15) is 46.5 Å². The third-order valence-electron chi connectivity index (χ3n) is 6.01. The predicted molar refractivity (Wildman–Crippen MR) is 171 cm³/mol. The fourth-order valence-corrected chi connectivity index (χ4v) is 5.70. The summed E-state index contributed by atoms with van der Waals surface area (Å²) in [6.07, 6.45) is 1.71. The molecule has 1 aliphatic heterocycles. The summed E-state index contributed by atoms with van der Waals surface area (Å²) >= 11 is 3.22. The number of ether oxygens (including phenoxy) is 3. The quantitative estimate of drug-likeness (QED) is 0.184. The normalized spacial score (nSPS) is 15.0. The van der Waals surface area contributed by atoms with Gasteiger partial charge in [0.1, 0.15) is 23.0 Å². The standard InChI is InChI=1S/C32H30INO6S/c1-5-38-25-16-22(15-24(33)29(25)40-18-21-11-7-19(3)8-12-21)17-26-28(35)27(32(37)39-6-2)31(41-26)34-30(36)23-13-9-20(4)10-14-23/h7-17,35H,5-6,18H2,1-4H3/b26-17-,34-31?. The van der Waals surface area contributed by atoms with E-state index in [4.69, 9.17) is 14.2 Å². The Labute approximate surface area is 257 Å². The Morgan fingerprint density at radius 1 is 0.951 bits per heavy atom. The van der Waals surface area contributed by atoms with E-state index in [1.54, 1.807) is 25.1 Å². The Balaban J connectivity index is 1.67. The van der Waals surface area contributed by atoms with Gasteiger partial charge in [0.2, 0.25) is 0 Å². The highest BCUT2D eigenvalue weighted by Gasteiger charge is 2.34. The summed E-state index contributed by atoms with van der Waals surface area (Å²) in [6, 6.07) is 18.8. The molecule has 1 heterocycles. The largest absolute Gasteiger partial charge is 0.506 e. The number of rotatable bonds is 9. The smallest absolute Gasteiger partial charge is 0.344 e. The van der Waals surface area contributed by atoms with Crippen molar-refractivity contribution < 1.29 is 28.9 Å². The Morgan fingerprint density at radius 2 is 1.61 bits per heavy atom. The highest BCUT2D eigenvalue weighted by Crippen LogP contribution is 2.41.